The molecule has 0 spiro atoms. The summed E-state index contributed by atoms with van der Waals surface area (Å²) in [5.74, 6) is 1.63. The predicted octanol–water partition coefficient (Wildman–Crippen LogP) is 5.56. The van der Waals surface area contributed by atoms with E-state index >= 15 is 0 Å². The molecule has 0 aliphatic heterocycles. The third-order valence-electron chi connectivity index (χ3n) is 5.88. The van der Waals surface area contributed by atoms with Crippen molar-refractivity contribution in [3.8, 4) is 5.75 Å². The fraction of sp³-hybridized carbons (Fsp3) is 0.500. The second kappa shape index (κ2) is 8.43. The van der Waals surface area contributed by atoms with Crippen LogP contribution in [0.3, 0.4) is 0 Å². The first-order chi connectivity index (χ1) is 13.2. The minimum atomic E-state index is -0.197. The smallest absolute Gasteiger partial charge is 0.125 e. The molecule has 0 N–H and O–H groups in total. The van der Waals surface area contributed by atoms with Gasteiger partial charge in [0.25, 0.3) is 0 Å². The van der Waals surface area contributed by atoms with Crippen LogP contribution in [0.4, 0.5) is 4.39 Å². The molecule has 144 valence electrons. The third-order valence-corrected chi connectivity index (χ3v) is 5.88. The van der Waals surface area contributed by atoms with E-state index in [1.165, 1.54) is 61.9 Å². The Hall–Kier alpha value is -1.87. The highest BCUT2D eigenvalue weighted by molar-refractivity contribution is 5.37. The number of benzene rings is 2. The van der Waals surface area contributed by atoms with Crippen molar-refractivity contribution < 1.29 is 9.13 Å². The molecule has 0 radical (unpaired) electrons. The molecular formula is C24H30FNO. The number of hydrogen-bond acceptors (Lipinski definition) is 2. The van der Waals surface area contributed by atoms with Gasteiger partial charge in [0.2, 0.25) is 0 Å². The maximum absolute atomic E-state index is 13.4. The van der Waals surface area contributed by atoms with Crippen molar-refractivity contribution in [3.05, 3.63) is 65.0 Å². The summed E-state index contributed by atoms with van der Waals surface area (Å²) in [6, 6.07) is 13.3. The Morgan fingerprint density at radius 1 is 1.04 bits per heavy atom. The van der Waals surface area contributed by atoms with Crippen molar-refractivity contribution in [1.29, 1.82) is 0 Å². The van der Waals surface area contributed by atoms with Crippen LogP contribution in [0, 0.1) is 11.7 Å². The van der Waals surface area contributed by atoms with Crippen molar-refractivity contribution in [3.63, 3.8) is 0 Å². The largest absolute Gasteiger partial charge is 0.486 e. The van der Waals surface area contributed by atoms with Crippen molar-refractivity contribution in [2.75, 3.05) is 20.1 Å². The number of fused-ring (bicyclic) bond motifs is 1. The summed E-state index contributed by atoms with van der Waals surface area (Å²) < 4.78 is 19.8. The molecule has 1 unspecified atom stereocenters. The molecule has 1 saturated carbocycles. The van der Waals surface area contributed by atoms with Crippen LogP contribution in [0.25, 0.3) is 0 Å². The molecule has 0 bridgehead atoms. The second-order valence-corrected chi connectivity index (χ2v) is 8.29. The van der Waals surface area contributed by atoms with E-state index in [1.807, 2.05) is 12.1 Å². The summed E-state index contributed by atoms with van der Waals surface area (Å²) in [4.78, 5) is 2.41. The molecule has 3 heteroatoms. The summed E-state index contributed by atoms with van der Waals surface area (Å²) in [5.41, 5.74) is 3.95. The van der Waals surface area contributed by atoms with Gasteiger partial charge in [-0.05, 0) is 92.4 Å². The summed E-state index contributed by atoms with van der Waals surface area (Å²) in [6.45, 7) is 2.17. The van der Waals surface area contributed by atoms with Gasteiger partial charge in [-0.1, -0.05) is 18.2 Å². The Labute approximate surface area is 162 Å². The van der Waals surface area contributed by atoms with E-state index < -0.39 is 0 Å². The normalized spacial score (nSPS) is 17.6. The van der Waals surface area contributed by atoms with Crippen LogP contribution in [0.15, 0.2) is 42.5 Å². The molecular weight excluding hydrogens is 337 g/mol. The maximum atomic E-state index is 13.4. The average Bonchev–Trinajstić information content (AvgIpc) is 3.49. The van der Waals surface area contributed by atoms with E-state index in [2.05, 4.69) is 30.1 Å². The molecule has 1 fully saturated rings. The van der Waals surface area contributed by atoms with Gasteiger partial charge in [-0.3, -0.25) is 0 Å². The van der Waals surface area contributed by atoms with Gasteiger partial charge >= 0.3 is 0 Å². The number of nitrogens with zero attached hydrogens (tertiary/aromatic N) is 1. The van der Waals surface area contributed by atoms with Gasteiger partial charge in [0, 0.05) is 19.5 Å². The molecule has 0 aromatic heterocycles. The summed E-state index contributed by atoms with van der Waals surface area (Å²) in [7, 11) is 2.19. The number of aryl methyl sites for hydroxylation is 2. The SMILES string of the molecule is CN(CCC(Oc1ccc2c(c1)CCCC2)c1ccc(F)cc1)CC1CC1. The Kier molecular flexibility index (Phi) is 5.77. The highest BCUT2D eigenvalue weighted by Crippen LogP contribution is 2.31. The van der Waals surface area contributed by atoms with E-state index in [9.17, 15) is 4.39 Å². The molecule has 2 aromatic carbocycles. The average molecular weight is 368 g/mol. The molecule has 0 amide bonds. The molecule has 1 atom stereocenters. The van der Waals surface area contributed by atoms with Crippen LogP contribution in [-0.2, 0) is 12.8 Å². The number of hydrogen-bond donors (Lipinski definition) is 0. The quantitative estimate of drug-likeness (QED) is 0.606. The van der Waals surface area contributed by atoms with Crippen LogP contribution < -0.4 is 4.74 Å². The zero-order chi connectivity index (χ0) is 18.6. The van der Waals surface area contributed by atoms with Crippen molar-refractivity contribution >= 4 is 0 Å². The van der Waals surface area contributed by atoms with E-state index in [1.54, 1.807) is 0 Å². The first-order valence-corrected chi connectivity index (χ1v) is 10.4. The monoisotopic (exact) mass is 367 g/mol. The van der Waals surface area contributed by atoms with Crippen LogP contribution >= 0.6 is 0 Å². The Bertz CT molecular complexity index is 753. The van der Waals surface area contributed by atoms with Gasteiger partial charge in [0.15, 0.2) is 0 Å². The molecule has 2 aliphatic carbocycles. The molecule has 27 heavy (non-hydrogen) atoms. The van der Waals surface area contributed by atoms with Gasteiger partial charge < -0.3 is 9.64 Å². The zero-order valence-electron chi connectivity index (χ0n) is 16.3. The third kappa shape index (κ3) is 5.10. The topological polar surface area (TPSA) is 12.5 Å². The number of ether oxygens (including phenoxy) is 1. The van der Waals surface area contributed by atoms with E-state index in [0.29, 0.717) is 0 Å². The van der Waals surface area contributed by atoms with E-state index in [-0.39, 0.29) is 11.9 Å². The Balaban J connectivity index is 1.47. The van der Waals surface area contributed by atoms with Gasteiger partial charge in [-0.25, -0.2) is 4.39 Å². The lowest BCUT2D eigenvalue weighted by atomic mass is 9.92. The molecule has 2 aliphatic rings. The van der Waals surface area contributed by atoms with Crippen molar-refractivity contribution in [2.45, 2.75) is 51.0 Å². The van der Waals surface area contributed by atoms with Gasteiger partial charge in [0.05, 0.1) is 0 Å². The van der Waals surface area contributed by atoms with Gasteiger partial charge in [0.1, 0.15) is 17.7 Å². The lowest BCUT2D eigenvalue weighted by Crippen LogP contribution is -2.25. The lowest BCUT2D eigenvalue weighted by Gasteiger charge is -2.24. The Morgan fingerprint density at radius 2 is 1.78 bits per heavy atom. The number of halogens is 1. The van der Waals surface area contributed by atoms with Crippen molar-refractivity contribution in [1.82, 2.24) is 4.90 Å². The van der Waals surface area contributed by atoms with Crippen LogP contribution in [0.5, 0.6) is 5.75 Å². The Morgan fingerprint density at radius 3 is 2.52 bits per heavy atom. The summed E-state index contributed by atoms with van der Waals surface area (Å²) >= 11 is 0. The fourth-order valence-electron chi connectivity index (χ4n) is 4.09. The molecule has 0 saturated heterocycles. The van der Waals surface area contributed by atoms with Gasteiger partial charge in [-0.2, -0.15) is 0 Å². The predicted molar refractivity (Wildman–Crippen MR) is 108 cm³/mol. The second-order valence-electron chi connectivity index (χ2n) is 8.29. The number of rotatable bonds is 8. The zero-order valence-corrected chi connectivity index (χ0v) is 16.3. The molecule has 2 aromatic rings. The lowest BCUT2D eigenvalue weighted by molar-refractivity contribution is 0.171. The van der Waals surface area contributed by atoms with Crippen LogP contribution in [-0.4, -0.2) is 25.0 Å². The molecule has 4 rings (SSSR count). The molecule has 2 nitrogen and oxygen atoms in total. The fourth-order valence-corrected chi connectivity index (χ4v) is 4.09. The standard InChI is InChI=1S/C24H30FNO/c1-26(17-18-6-7-18)15-14-24(20-8-11-22(25)12-9-20)27-23-13-10-19-4-2-3-5-21(19)16-23/h8-13,16,18,24H,2-7,14-15,17H2,1H3. The molecule has 0 heterocycles. The van der Waals surface area contributed by atoms with Crippen LogP contribution in [0.1, 0.15) is 54.9 Å². The van der Waals surface area contributed by atoms with Crippen molar-refractivity contribution in [2.24, 2.45) is 5.92 Å². The first kappa shape index (κ1) is 18.5. The maximum Gasteiger partial charge on any atom is 0.125 e. The minimum absolute atomic E-state index is 0.0473. The van der Waals surface area contributed by atoms with Gasteiger partial charge in [-0.15, -0.1) is 0 Å². The first-order valence-electron chi connectivity index (χ1n) is 10.4. The highest BCUT2D eigenvalue weighted by atomic mass is 19.1. The van der Waals surface area contributed by atoms with E-state index in [0.717, 1.165) is 36.6 Å². The van der Waals surface area contributed by atoms with Crippen LogP contribution in [0.2, 0.25) is 0 Å². The highest BCUT2D eigenvalue weighted by Gasteiger charge is 2.23. The summed E-state index contributed by atoms with van der Waals surface area (Å²) in [6.07, 6.45) is 8.50. The van der Waals surface area contributed by atoms with E-state index in [4.69, 9.17) is 4.74 Å². The minimum Gasteiger partial charge on any atom is -0.486 e. The summed E-state index contributed by atoms with van der Waals surface area (Å²) in [5, 5.41) is 0.